The monoisotopic (exact) mass is 507 g/mol. The largest absolute Gasteiger partial charge is 0.379 e. The average Bonchev–Trinajstić information content (AvgIpc) is 3.58. The Bertz CT molecular complexity index is 1120. The highest BCUT2D eigenvalue weighted by Crippen LogP contribution is 2.33. The van der Waals surface area contributed by atoms with Crippen LogP contribution in [0, 0.1) is 0 Å². The van der Waals surface area contributed by atoms with E-state index in [4.69, 9.17) is 24.7 Å². The normalized spacial score (nSPS) is 17.2. The van der Waals surface area contributed by atoms with Crippen molar-refractivity contribution < 1.29 is 4.74 Å². The molecule has 3 aromatic heterocycles. The smallest absolute Gasteiger partial charge is 0.226 e. The molecule has 1 aliphatic heterocycles. The first-order valence-electron chi connectivity index (χ1n) is 13.8. The van der Waals surface area contributed by atoms with Crippen LogP contribution in [0.3, 0.4) is 0 Å². The molecular weight excluding hydrogens is 466 g/mol. The third-order valence-corrected chi connectivity index (χ3v) is 7.28. The molecule has 3 aromatic rings. The fourth-order valence-corrected chi connectivity index (χ4v) is 5.18. The van der Waals surface area contributed by atoms with Crippen LogP contribution in [0.15, 0.2) is 24.7 Å². The molecule has 5 rings (SSSR count). The molecule has 0 spiro atoms. The van der Waals surface area contributed by atoms with Crippen molar-refractivity contribution in [1.29, 1.82) is 0 Å². The Labute approximate surface area is 219 Å². The highest BCUT2D eigenvalue weighted by molar-refractivity contribution is 5.86. The summed E-state index contributed by atoms with van der Waals surface area (Å²) in [5, 5.41) is 6.94. The molecule has 1 aliphatic carbocycles. The summed E-state index contributed by atoms with van der Waals surface area (Å²) in [6.07, 6.45) is 12.2. The minimum Gasteiger partial charge on any atom is -0.379 e. The molecule has 1 saturated heterocycles. The minimum atomic E-state index is 0.466. The zero-order valence-electron chi connectivity index (χ0n) is 22.3. The van der Waals surface area contributed by atoms with Gasteiger partial charge in [-0.1, -0.05) is 19.3 Å². The number of nitrogens with zero attached hydrogens (tertiary/aromatic N) is 7. The average molecular weight is 508 g/mol. The fourth-order valence-electron chi connectivity index (χ4n) is 5.18. The quantitative estimate of drug-likeness (QED) is 0.352. The van der Waals surface area contributed by atoms with E-state index in [1.165, 1.54) is 38.5 Å². The van der Waals surface area contributed by atoms with Crippen LogP contribution >= 0.6 is 0 Å². The Kier molecular flexibility index (Phi) is 8.80. The highest BCUT2D eigenvalue weighted by atomic mass is 16.5. The number of nitrogens with one attached hydrogen (secondary N) is 2. The number of morpholine rings is 1. The third-order valence-electron chi connectivity index (χ3n) is 7.28. The molecule has 0 radical (unpaired) electrons. The molecule has 0 atom stereocenters. The van der Waals surface area contributed by atoms with E-state index in [0.717, 1.165) is 80.7 Å². The van der Waals surface area contributed by atoms with Gasteiger partial charge >= 0.3 is 0 Å². The maximum Gasteiger partial charge on any atom is 0.226 e. The van der Waals surface area contributed by atoms with E-state index >= 15 is 0 Å². The van der Waals surface area contributed by atoms with E-state index < -0.39 is 0 Å². The Morgan fingerprint density at radius 1 is 1.03 bits per heavy atom. The van der Waals surface area contributed by atoms with Crippen molar-refractivity contribution in [3.8, 4) is 0 Å². The molecule has 4 heterocycles. The standard InChI is InChI=1S/C27H41N9O/c1-34(2)13-7-3-6-12-28-27-32-25(24-26(33-27)36(20-30-24)23-8-4-5-9-23)31-21-10-11-22(29-18-21)19-35-14-16-37-17-15-35/h10-11,18,20,23H,3-9,12-17,19H2,1-2H3,(H2,28,31,32,33). The summed E-state index contributed by atoms with van der Waals surface area (Å²) in [5.41, 5.74) is 3.66. The van der Waals surface area contributed by atoms with E-state index in [9.17, 15) is 0 Å². The van der Waals surface area contributed by atoms with Crippen LogP contribution in [0.4, 0.5) is 17.5 Å². The van der Waals surface area contributed by atoms with E-state index in [1.54, 1.807) is 0 Å². The van der Waals surface area contributed by atoms with Crippen molar-refractivity contribution in [3.05, 3.63) is 30.4 Å². The van der Waals surface area contributed by atoms with Gasteiger partial charge in [0.1, 0.15) is 0 Å². The first kappa shape index (κ1) is 25.8. The highest BCUT2D eigenvalue weighted by Gasteiger charge is 2.22. The molecule has 10 nitrogen and oxygen atoms in total. The SMILES string of the molecule is CN(C)CCCCCNc1nc(Nc2ccc(CN3CCOCC3)nc2)c2ncn(C3CCCC3)c2n1. The Balaban J connectivity index is 1.30. The second-order valence-corrected chi connectivity index (χ2v) is 10.5. The lowest BCUT2D eigenvalue weighted by molar-refractivity contribution is 0.0336. The summed E-state index contributed by atoms with van der Waals surface area (Å²) in [6, 6.07) is 4.62. The molecule has 1 saturated carbocycles. The zero-order valence-corrected chi connectivity index (χ0v) is 22.3. The first-order chi connectivity index (χ1) is 18.2. The Morgan fingerprint density at radius 2 is 1.86 bits per heavy atom. The van der Waals surface area contributed by atoms with E-state index in [-0.39, 0.29) is 0 Å². The maximum absolute atomic E-state index is 5.45. The zero-order chi connectivity index (χ0) is 25.5. The van der Waals surface area contributed by atoms with E-state index in [0.29, 0.717) is 12.0 Å². The van der Waals surface area contributed by atoms with Crippen LogP contribution in [0.5, 0.6) is 0 Å². The molecule has 10 heteroatoms. The number of fused-ring (bicyclic) bond motifs is 1. The van der Waals surface area contributed by atoms with Crippen LogP contribution in [0.1, 0.15) is 56.7 Å². The molecule has 200 valence electrons. The lowest BCUT2D eigenvalue weighted by Gasteiger charge is -2.26. The van der Waals surface area contributed by atoms with Gasteiger partial charge in [0.25, 0.3) is 0 Å². The van der Waals surface area contributed by atoms with Gasteiger partial charge in [0.15, 0.2) is 17.0 Å². The van der Waals surface area contributed by atoms with E-state index in [2.05, 4.69) is 51.2 Å². The molecule has 0 aromatic carbocycles. The topological polar surface area (TPSA) is 96.3 Å². The van der Waals surface area contributed by atoms with Crippen LogP contribution < -0.4 is 10.6 Å². The number of unbranched alkanes of at least 4 members (excludes halogenated alkanes) is 2. The van der Waals surface area contributed by atoms with Crippen LogP contribution in [0.25, 0.3) is 11.2 Å². The van der Waals surface area contributed by atoms with Crippen LogP contribution in [0.2, 0.25) is 0 Å². The predicted molar refractivity (Wildman–Crippen MR) is 147 cm³/mol. The van der Waals surface area contributed by atoms with Gasteiger partial charge in [0, 0.05) is 32.2 Å². The number of hydrogen-bond donors (Lipinski definition) is 2. The lowest BCUT2D eigenvalue weighted by Crippen LogP contribution is -2.35. The van der Waals surface area contributed by atoms with Gasteiger partial charge in [0.05, 0.1) is 37.1 Å². The number of imidazole rings is 1. The van der Waals surface area contributed by atoms with Gasteiger partial charge in [-0.05, 0) is 58.5 Å². The van der Waals surface area contributed by atoms with Crippen molar-refractivity contribution in [2.45, 2.75) is 57.5 Å². The predicted octanol–water partition coefficient (Wildman–Crippen LogP) is 4.06. The third kappa shape index (κ3) is 6.94. The fraction of sp³-hybridized carbons (Fsp3) is 0.630. The summed E-state index contributed by atoms with van der Waals surface area (Å²) in [5.74, 6) is 1.37. The Morgan fingerprint density at radius 3 is 2.62 bits per heavy atom. The van der Waals surface area contributed by atoms with Gasteiger partial charge in [0.2, 0.25) is 5.95 Å². The van der Waals surface area contributed by atoms with Gasteiger partial charge < -0.3 is 24.8 Å². The molecule has 2 N–H and O–H groups in total. The van der Waals surface area contributed by atoms with Crippen molar-refractivity contribution >= 4 is 28.6 Å². The Hall–Kier alpha value is -2.82. The van der Waals surface area contributed by atoms with Gasteiger partial charge in [-0.25, -0.2) is 4.98 Å². The molecule has 0 unspecified atom stereocenters. The van der Waals surface area contributed by atoms with Crippen molar-refractivity contribution in [2.24, 2.45) is 0 Å². The molecular formula is C27H41N9O. The van der Waals surface area contributed by atoms with Gasteiger partial charge in [-0.15, -0.1) is 0 Å². The summed E-state index contributed by atoms with van der Waals surface area (Å²) in [4.78, 5) is 23.8. The molecule has 0 bridgehead atoms. The number of hydrogen-bond acceptors (Lipinski definition) is 9. The summed E-state index contributed by atoms with van der Waals surface area (Å²) >= 11 is 0. The van der Waals surface area contributed by atoms with Crippen LogP contribution in [-0.2, 0) is 11.3 Å². The van der Waals surface area contributed by atoms with Crippen molar-refractivity contribution in [1.82, 2.24) is 34.3 Å². The number of rotatable bonds is 12. The molecule has 0 amide bonds. The first-order valence-corrected chi connectivity index (χ1v) is 13.8. The second kappa shape index (κ2) is 12.6. The van der Waals surface area contributed by atoms with Crippen LogP contribution in [-0.4, -0.2) is 87.8 Å². The molecule has 2 fully saturated rings. The summed E-state index contributed by atoms with van der Waals surface area (Å²) < 4.78 is 7.70. The lowest BCUT2D eigenvalue weighted by atomic mass is 10.2. The number of anilines is 3. The number of aromatic nitrogens is 5. The minimum absolute atomic E-state index is 0.466. The summed E-state index contributed by atoms with van der Waals surface area (Å²) in [6.45, 7) is 6.32. The second-order valence-electron chi connectivity index (χ2n) is 10.5. The number of ether oxygens (including phenoxy) is 1. The van der Waals surface area contributed by atoms with Gasteiger partial charge in [-0.3, -0.25) is 9.88 Å². The number of pyridine rings is 1. The van der Waals surface area contributed by atoms with Gasteiger partial charge in [-0.2, -0.15) is 9.97 Å². The maximum atomic E-state index is 5.45. The van der Waals surface area contributed by atoms with E-state index in [1.807, 2.05) is 12.5 Å². The molecule has 2 aliphatic rings. The van der Waals surface area contributed by atoms with Crippen molar-refractivity contribution in [3.63, 3.8) is 0 Å². The summed E-state index contributed by atoms with van der Waals surface area (Å²) in [7, 11) is 4.24. The molecule has 37 heavy (non-hydrogen) atoms. The van der Waals surface area contributed by atoms with Crippen molar-refractivity contribution in [2.75, 3.05) is 64.1 Å².